The van der Waals surface area contributed by atoms with Gasteiger partial charge < -0.3 is 0 Å². The van der Waals surface area contributed by atoms with E-state index in [2.05, 4.69) is 188 Å². The molecule has 1 aliphatic rings. The van der Waals surface area contributed by atoms with Gasteiger partial charge in [0.2, 0.25) is 0 Å². The third kappa shape index (κ3) is 5.68. The monoisotopic (exact) mass is 732 g/mol. The Morgan fingerprint density at radius 1 is 0.526 bits per heavy atom. The summed E-state index contributed by atoms with van der Waals surface area (Å²) >= 11 is 0. The topological polar surface area (TPSA) is 31.7 Å². The third-order valence-electron chi connectivity index (χ3n) is 11.5. The van der Waals surface area contributed by atoms with Crippen LogP contribution in [0, 0.1) is 0 Å². The Bertz CT molecular complexity index is 3080. The molecule has 9 aromatic rings. The van der Waals surface area contributed by atoms with Gasteiger partial charge in [0.15, 0.2) is 0 Å². The number of hydrogen-bond donors (Lipinski definition) is 0. The molecule has 272 valence electrons. The minimum atomic E-state index is -0.215. The fourth-order valence-corrected chi connectivity index (χ4v) is 8.77. The first-order valence-corrected chi connectivity index (χ1v) is 19.4. The summed E-state index contributed by atoms with van der Waals surface area (Å²) in [6, 6.07) is 59.0. The first-order chi connectivity index (χ1) is 28.0. The molecule has 57 heavy (non-hydrogen) atoms. The van der Waals surface area contributed by atoms with Gasteiger partial charge in [0, 0.05) is 45.1 Å². The number of nitrogens with zero attached hydrogens (tertiary/aromatic N) is 4. The van der Waals surface area contributed by atoms with Crippen LogP contribution in [0.25, 0.3) is 54.2 Å². The van der Waals surface area contributed by atoms with Crippen LogP contribution in [-0.4, -0.2) is 11.2 Å². The van der Waals surface area contributed by atoms with Crippen LogP contribution in [-0.2, 0) is 5.41 Å². The number of pyridine rings is 1. The first kappa shape index (κ1) is 34.2. The summed E-state index contributed by atoms with van der Waals surface area (Å²) in [4.78, 5) is 7.37. The van der Waals surface area contributed by atoms with Crippen LogP contribution in [0.5, 0.6) is 0 Å². The maximum absolute atomic E-state index is 5.25. The van der Waals surface area contributed by atoms with Gasteiger partial charge in [-0.3, -0.25) is 4.90 Å². The fraction of sp³-hybridized carbons (Fsp3) is 0.0566. The molecule has 10 rings (SSSR count). The molecular weight excluding hydrogens is 693 g/mol. The molecule has 0 saturated carbocycles. The Labute approximate surface area is 333 Å². The molecule has 0 fully saturated rings. The van der Waals surface area contributed by atoms with Gasteiger partial charge in [-0.2, -0.15) is 5.10 Å². The summed E-state index contributed by atoms with van der Waals surface area (Å²) in [5, 5.41) is 16.4. The van der Waals surface area contributed by atoms with Crippen molar-refractivity contribution in [3.8, 4) is 11.1 Å². The van der Waals surface area contributed by atoms with Crippen LogP contribution >= 0.6 is 0 Å². The van der Waals surface area contributed by atoms with Crippen LogP contribution in [0.15, 0.2) is 200 Å². The van der Waals surface area contributed by atoms with E-state index in [0.29, 0.717) is 0 Å². The zero-order valence-corrected chi connectivity index (χ0v) is 32.0. The molecule has 1 aliphatic carbocycles. The lowest BCUT2D eigenvalue weighted by Gasteiger charge is -2.31. The number of allylic oxidation sites excluding steroid dienone is 3. The van der Waals surface area contributed by atoms with Gasteiger partial charge in [-0.1, -0.05) is 148 Å². The summed E-state index contributed by atoms with van der Waals surface area (Å²) in [5.41, 5.74) is 9.01. The van der Waals surface area contributed by atoms with E-state index in [0.717, 1.165) is 55.5 Å². The Morgan fingerprint density at radius 2 is 1.14 bits per heavy atom. The highest BCUT2D eigenvalue weighted by Crippen LogP contribution is 2.55. The van der Waals surface area contributed by atoms with E-state index in [4.69, 9.17) is 10.1 Å². The molecular formula is C53H40N4. The molecule has 0 spiro atoms. The molecule has 0 aliphatic heterocycles. The summed E-state index contributed by atoms with van der Waals surface area (Å²) in [5.74, 6) is 0.842. The summed E-state index contributed by atoms with van der Waals surface area (Å²) in [6.07, 6.45) is 9.34. The van der Waals surface area contributed by atoms with Gasteiger partial charge in [-0.15, -0.1) is 0 Å². The van der Waals surface area contributed by atoms with Crippen molar-refractivity contribution in [2.75, 3.05) is 9.91 Å². The van der Waals surface area contributed by atoms with Crippen molar-refractivity contribution in [1.82, 2.24) is 4.98 Å². The lowest BCUT2D eigenvalue weighted by atomic mass is 9.81. The molecule has 0 radical (unpaired) electrons. The van der Waals surface area contributed by atoms with Crippen molar-refractivity contribution in [1.29, 1.82) is 0 Å². The fourth-order valence-electron chi connectivity index (χ4n) is 8.77. The van der Waals surface area contributed by atoms with Gasteiger partial charge in [0.1, 0.15) is 5.82 Å². The maximum Gasteiger partial charge on any atom is 0.137 e. The Balaban J connectivity index is 1.37. The van der Waals surface area contributed by atoms with E-state index in [9.17, 15) is 0 Å². The predicted octanol–water partition coefficient (Wildman–Crippen LogP) is 14.3. The lowest BCUT2D eigenvalue weighted by molar-refractivity contribution is 0.661. The minimum Gasteiger partial charge on any atom is -0.294 e. The Morgan fingerprint density at radius 3 is 1.86 bits per heavy atom. The van der Waals surface area contributed by atoms with Crippen LogP contribution in [0.3, 0.4) is 0 Å². The highest BCUT2D eigenvalue weighted by atomic mass is 15.5. The molecule has 0 bridgehead atoms. The second-order valence-electron chi connectivity index (χ2n) is 15.1. The van der Waals surface area contributed by atoms with Crippen LogP contribution < -0.4 is 9.91 Å². The predicted molar refractivity (Wildman–Crippen MR) is 243 cm³/mol. The van der Waals surface area contributed by atoms with Crippen molar-refractivity contribution in [2.45, 2.75) is 19.3 Å². The normalized spacial score (nSPS) is 13.2. The van der Waals surface area contributed by atoms with E-state index >= 15 is 0 Å². The van der Waals surface area contributed by atoms with Gasteiger partial charge >= 0.3 is 0 Å². The van der Waals surface area contributed by atoms with Crippen LogP contribution in [0.4, 0.5) is 28.6 Å². The smallest absolute Gasteiger partial charge is 0.137 e. The molecule has 8 aromatic carbocycles. The van der Waals surface area contributed by atoms with E-state index in [1.165, 1.54) is 38.4 Å². The largest absolute Gasteiger partial charge is 0.294 e. The summed E-state index contributed by atoms with van der Waals surface area (Å²) < 4.78 is 0. The molecule has 0 saturated heterocycles. The van der Waals surface area contributed by atoms with Crippen LogP contribution in [0.2, 0.25) is 0 Å². The van der Waals surface area contributed by atoms with Gasteiger partial charge in [0.05, 0.1) is 17.1 Å². The molecule has 1 heterocycles. The molecule has 1 aromatic heterocycles. The average molecular weight is 733 g/mol. The van der Waals surface area contributed by atoms with Crippen molar-refractivity contribution in [2.24, 2.45) is 5.10 Å². The Kier molecular flexibility index (Phi) is 8.27. The second-order valence-corrected chi connectivity index (χ2v) is 15.1. The second kappa shape index (κ2) is 13.8. The van der Waals surface area contributed by atoms with E-state index in [1.807, 2.05) is 30.6 Å². The number of rotatable bonds is 8. The minimum absolute atomic E-state index is 0.215. The first-order valence-electron chi connectivity index (χ1n) is 19.4. The molecule has 0 N–H and O–H groups in total. The number of hydrazone groups is 1. The van der Waals surface area contributed by atoms with Crippen molar-refractivity contribution in [3.05, 3.63) is 206 Å². The van der Waals surface area contributed by atoms with Crippen molar-refractivity contribution >= 4 is 77.9 Å². The number of benzene rings is 8. The molecule has 0 atom stereocenters. The van der Waals surface area contributed by atoms with Gasteiger partial charge in [0.25, 0.3) is 0 Å². The van der Waals surface area contributed by atoms with Gasteiger partial charge in [-0.25, -0.2) is 9.99 Å². The number of aromatic nitrogens is 1. The van der Waals surface area contributed by atoms with E-state index in [1.54, 1.807) is 6.08 Å². The number of hydrogen-bond acceptors (Lipinski definition) is 4. The molecule has 0 unspecified atom stereocenters. The van der Waals surface area contributed by atoms with Crippen molar-refractivity contribution < 1.29 is 0 Å². The van der Waals surface area contributed by atoms with Crippen LogP contribution in [0.1, 0.15) is 25.0 Å². The SMILES string of the molecule is C=C/C=C\C=N/N(c1ccc2ccccc2c1)c1c2ccccc2c(N(c2ccc3ccccc3c2)c2ccccn2)c2cc3c(cc12)-c1ccccc1C3(C)C. The highest BCUT2D eigenvalue weighted by Gasteiger charge is 2.37. The molecule has 0 amide bonds. The van der Waals surface area contributed by atoms with E-state index in [-0.39, 0.29) is 5.41 Å². The zero-order valence-electron chi connectivity index (χ0n) is 32.0. The average Bonchev–Trinajstić information content (AvgIpc) is 3.48. The maximum atomic E-state index is 5.25. The van der Waals surface area contributed by atoms with Gasteiger partial charge in [-0.05, 0) is 98.4 Å². The summed E-state index contributed by atoms with van der Waals surface area (Å²) in [6.45, 7) is 8.59. The van der Waals surface area contributed by atoms with E-state index < -0.39 is 0 Å². The Hall–Kier alpha value is -7.30. The standard InChI is InChI=1S/C53H40N4/c1-4-5-15-31-55-57(41-29-27-37-18-7-9-20-39(37)33-41)52-44-23-11-10-22-43(44)51(47-35-49-45(34-46(47)52)42-21-12-13-24-48(42)53(49,2)3)56(50-25-14-16-30-54-50)40-28-26-36-17-6-8-19-38(36)32-40/h4-35H,1H2,2-3H3/b15-5-,55-31-. The highest BCUT2D eigenvalue weighted by molar-refractivity contribution is 6.23. The van der Waals surface area contributed by atoms with Crippen molar-refractivity contribution in [3.63, 3.8) is 0 Å². The number of fused-ring (bicyclic) bond motifs is 7. The lowest BCUT2D eigenvalue weighted by Crippen LogP contribution is -2.17. The molecule has 4 nitrogen and oxygen atoms in total. The number of anilines is 5. The summed E-state index contributed by atoms with van der Waals surface area (Å²) in [7, 11) is 0. The zero-order chi connectivity index (χ0) is 38.5. The quantitative estimate of drug-likeness (QED) is 0.0512. The molecule has 4 heteroatoms. The third-order valence-corrected chi connectivity index (χ3v) is 11.5.